The lowest BCUT2D eigenvalue weighted by molar-refractivity contribution is 0.574. The molecule has 2 rings (SSSR count). The van der Waals surface area contributed by atoms with Gasteiger partial charge in [0, 0.05) is 16.6 Å². The smallest absolute Gasteiger partial charge is 0.223 e. The molecule has 4 nitrogen and oxygen atoms in total. The van der Waals surface area contributed by atoms with Crippen LogP contribution in [0.15, 0.2) is 6.07 Å². The molecule has 0 amide bonds. The van der Waals surface area contributed by atoms with Gasteiger partial charge in [0.15, 0.2) is 0 Å². The van der Waals surface area contributed by atoms with E-state index in [0.717, 1.165) is 5.75 Å². The zero-order valence-corrected chi connectivity index (χ0v) is 10.2. The molecule has 0 aromatic carbocycles. The molecule has 1 aromatic heterocycles. The molecule has 0 spiro atoms. The molecule has 15 heavy (non-hydrogen) atoms. The van der Waals surface area contributed by atoms with Crippen LogP contribution in [0.4, 0.5) is 11.8 Å². The molecule has 6 heteroatoms. The Bertz CT molecular complexity index is 362. The van der Waals surface area contributed by atoms with E-state index >= 15 is 0 Å². The summed E-state index contributed by atoms with van der Waals surface area (Å²) in [6.45, 7) is 4.40. The summed E-state index contributed by atoms with van der Waals surface area (Å²) in [6.07, 6.45) is 0. The van der Waals surface area contributed by atoms with Crippen LogP contribution in [-0.2, 0) is 0 Å². The Morgan fingerprint density at radius 2 is 2.33 bits per heavy atom. The van der Waals surface area contributed by atoms with Gasteiger partial charge in [0.2, 0.25) is 5.95 Å². The van der Waals surface area contributed by atoms with Crippen LogP contribution in [0, 0.1) is 0 Å². The number of thioether (sulfide) groups is 1. The van der Waals surface area contributed by atoms with Gasteiger partial charge in [-0.3, -0.25) is 0 Å². The van der Waals surface area contributed by atoms with E-state index in [9.17, 15) is 0 Å². The predicted molar refractivity (Wildman–Crippen MR) is 65.4 cm³/mol. The molecule has 0 saturated carbocycles. The van der Waals surface area contributed by atoms with Gasteiger partial charge >= 0.3 is 0 Å². The number of nitrogens with one attached hydrogen (secondary N) is 1. The van der Waals surface area contributed by atoms with Crippen LogP contribution < -0.4 is 11.1 Å². The second-order valence-corrected chi connectivity index (χ2v) is 6.11. The predicted octanol–water partition coefficient (Wildman–Crippen LogP) is 2.02. The number of rotatable bonds is 2. The number of hydrogen-bond acceptors (Lipinski definition) is 5. The fourth-order valence-electron chi connectivity index (χ4n) is 1.40. The summed E-state index contributed by atoms with van der Waals surface area (Å²) in [7, 11) is 0. The Labute approximate surface area is 98.0 Å². The van der Waals surface area contributed by atoms with Crippen molar-refractivity contribution in [3.8, 4) is 0 Å². The minimum atomic E-state index is 0.204. The fourth-order valence-corrected chi connectivity index (χ4v) is 2.74. The molecular weight excluding hydrogens is 232 g/mol. The topological polar surface area (TPSA) is 63.8 Å². The summed E-state index contributed by atoms with van der Waals surface area (Å²) in [5.74, 6) is 1.98. The lowest BCUT2D eigenvalue weighted by Gasteiger charge is -2.44. The first-order chi connectivity index (χ1) is 6.97. The van der Waals surface area contributed by atoms with Gasteiger partial charge in [-0.2, -0.15) is 16.7 Å². The van der Waals surface area contributed by atoms with Crippen molar-refractivity contribution in [3.63, 3.8) is 0 Å². The van der Waals surface area contributed by atoms with Crippen molar-refractivity contribution in [1.82, 2.24) is 9.97 Å². The molecule has 1 aliphatic rings. The molecule has 3 N–H and O–H groups in total. The third-order valence-electron chi connectivity index (χ3n) is 2.50. The molecule has 1 atom stereocenters. The Hall–Kier alpha value is -0.680. The Kier molecular flexibility index (Phi) is 2.68. The van der Waals surface area contributed by atoms with Gasteiger partial charge in [-0.25, -0.2) is 4.98 Å². The molecule has 1 saturated heterocycles. The van der Waals surface area contributed by atoms with Crippen LogP contribution in [0.1, 0.15) is 13.8 Å². The van der Waals surface area contributed by atoms with E-state index in [1.54, 1.807) is 6.07 Å². The van der Waals surface area contributed by atoms with Gasteiger partial charge in [-0.05, 0) is 13.8 Å². The number of aromatic nitrogens is 2. The second kappa shape index (κ2) is 3.72. The molecule has 0 radical (unpaired) electrons. The normalized spacial score (nSPS) is 23.3. The maximum absolute atomic E-state index is 5.79. The minimum Gasteiger partial charge on any atom is -0.368 e. The van der Waals surface area contributed by atoms with Gasteiger partial charge < -0.3 is 11.1 Å². The van der Waals surface area contributed by atoms with E-state index in [2.05, 4.69) is 29.1 Å². The van der Waals surface area contributed by atoms with Crippen LogP contribution in [0.2, 0.25) is 5.15 Å². The van der Waals surface area contributed by atoms with Crippen molar-refractivity contribution in [2.75, 3.05) is 16.8 Å². The molecule has 1 aliphatic heterocycles. The van der Waals surface area contributed by atoms with Crippen molar-refractivity contribution in [2.45, 2.75) is 24.6 Å². The van der Waals surface area contributed by atoms with Crippen LogP contribution in [-0.4, -0.2) is 26.5 Å². The molecule has 0 bridgehead atoms. The number of anilines is 2. The number of nitrogens with zero attached hydrogens (tertiary/aromatic N) is 2. The van der Waals surface area contributed by atoms with E-state index in [1.807, 2.05) is 11.8 Å². The van der Waals surface area contributed by atoms with Crippen LogP contribution in [0.25, 0.3) is 0 Å². The van der Waals surface area contributed by atoms with Crippen molar-refractivity contribution >= 4 is 35.1 Å². The summed E-state index contributed by atoms with van der Waals surface area (Å²) in [5.41, 5.74) is 5.51. The standard InChI is InChI=1S/C9H13ClN4S/c1-9(2)5(4-15-9)12-7-3-6(10)13-8(11)14-7/h3,5H,4H2,1-2H3,(H3,11,12,13,14). The highest BCUT2D eigenvalue weighted by atomic mass is 35.5. The summed E-state index contributed by atoms with van der Waals surface area (Å²) in [5, 5.41) is 3.68. The average Bonchev–Trinajstić information content (AvgIpc) is 2.11. The van der Waals surface area contributed by atoms with Crippen LogP contribution >= 0.6 is 23.4 Å². The zero-order chi connectivity index (χ0) is 11.1. The van der Waals surface area contributed by atoms with Gasteiger partial charge in [-0.15, -0.1) is 0 Å². The molecule has 2 heterocycles. The lowest BCUT2D eigenvalue weighted by Crippen LogP contribution is -2.50. The first kappa shape index (κ1) is 10.8. The maximum atomic E-state index is 5.79. The van der Waals surface area contributed by atoms with E-state index in [1.165, 1.54) is 0 Å². The second-order valence-electron chi connectivity index (χ2n) is 4.05. The van der Waals surface area contributed by atoms with Gasteiger partial charge in [0.1, 0.15) is 11.0 Å². The third kappa shape index (κ3) is 2.29. The third-order valence-corrected chi connectivity index (χ3v) is 4.22. The van der Waals surface area contributed by atoms with Crippen molar-refractivity contribution in [1.29, 1.82) is 0 Å². The van der Waals surface area contributed by atoms with Crippen LogP contribution in [0.3, 0.4) is 0 Å². The number of nitrogen functional groups attached to an aromatic ring is 1. The maximum Gasteiger partial charge on any atom is 0.223 e. The minimum absolute atomic E-state index is 0.204. The molecule has 82 valence electrons. The zero-order valence-electron chi connectivity index (χ0n) is 8.62. The van der Waals surface area contributed by atoms with Gasteiger partial charge in [0.05, 0.1) is 6.04 Å². The first-order valence-corrected chi connectivity index (χ1v) is 6.04. The average molecular weight is 245 g/mol. The number of hydrogen-bond donors (Lipinski definition) is 2. The molecule has 0 aliphatic carbocycles. The van der Waals surface area contributed by atoms with E-state index < -0.39 is 0 Å². The van der Waals surface area contributed by atoms with E-state index in [-0.39, 0.29) is 10.7 Å². The summed E-state index contributed by atoms with van der Waals surface area (Å²) < 4.78 is 0.242. The van der Waals surface area contributed by atoms with Gasteiger partial charge in [-0.1, -0.05) is 11.6 Å². The quantitative estimate of drug-likeness (QED) is 0.780. The molecule has 1 unspecified atom stereocenters. The Balaban J connectivity index is 2.11. The van der Waals surface area contributed by atoms with Crippen molar-refractivity contribution in [2.24, 2.45) is 0 Å². The lowest BCUT2D eigenvalue weighted by atomic mass is 10.0. The van der Waals surface area contributed by atoms with E-state index in [4.69, 9.17) is 17.3 Å². The largest absolute Gasteiger partial charge is 0.368 e. The Morgan fingerprint density at radius 3 is 2.80 bits per heavy atom. The van der Waals surface area contributed by atoms with Crippen molar-refractivity contribution < 1.29 is 0 Å². The molecular formula is C9H13ClN4S. The highest BCUT2D eigenvalue weighted by Gasteiger charge is 2.39. The van der Waals surface area contributed by atoms with Gasteiger partial charge in [0.25, 0.3) is 0 Å². The van der Waals surface area contributed by atoms with E-state index in [0.29, 0.717) is 17.0 Å². The van der Waals surface area contributed by atoms with Crippen LogP contribution in [0.5, 0.6) is 0 Å². The highest BCUT2D eigenvalue weighted by molar-refractivity contribution is 8.02. The Morgan fingerprint density at radius 1 is 1.60 bits per heavy atom. The first-order valence-electron chi connectivity index (χ1n) is 4.68. The number of nitrogens with two attached hydrogens (primary N) is 1. The number of halogens is 1. The molecule has 1 fully saturated rings. The summed E-state index contributed by atoms with van der Waals surface area (Å²) in [4.78, 5) is 7.89. The van der Waals surface area contributed by atoms with Crippen molar-refractivity contribution in [3.05, 3.63) is 11.2 Å². The summed E-state index contributed by atoms with van der Waals surface area (Å²) >= 11 is 7.72. The summed E-state index contributed by atoms with van der Waals surface area (Å²) in [6, 6.07) is 2.10. The monoisotopic (exact) mass is 244 g/mol. The molecule has 1 aromatic rings. The fraction of sp³-hybridized carbons (Fsp3) is 0.556. The SMILES string of the molecule is CC1(C)SCC1Nc1cc(Cl)nc(N)n1. The highest BCUT2D eigenvalue weighted by Crippen LogP contribution is 2.41.